The van der Waals surface area contributed by atoms with Gasteiger partial charge in [-0.25, -0.2) is 4.79 Å². The van der Waals surface area contributed by atoms with Crippen molar-refractivity contribution >= 4 is 16.9 Å². The fourth-order valence-corrected chi connectivity index (χ4v) is 4.52. The highest BCUT2D eigenvalue weighted by Gasteiger charge is 2.32. The van der Waals surface area contributed by atoms with Crippen LogP contribution in [0.1, 0.15) is 32.7 Å². The van der Waals surface area contributed by atoms with Crippen molar-refractivity contribution in [2.45, 2.75) is 44.8 Å². The van der Waals surface area contributed by atoms with E-state index in [9.17, 15) is 9.59 Å². The number of imidazole rings is 1. The van der Waals surface area contributed by atoms with Gasteiger partial charge in [0, 0.05) is 44.8 Å². The second-order valence-corrected chi connectivity index (χ2v) is 7.90. The van der Waals surface area contributed by atoms with Crippen molar-refractivity contribution < 1.29 is 4.79 Å². The summed E-state index contributed by atoms with van der Waals surface area (Å²) in [5.41, 5.74) is 1.83. The second-order valence-electron chi connectivity index (χ2n) is 7.90. The maximum Gasteiger partial charge on any atom is 0.326 e. The molecule has 7 nitrogen and oxygen atoms in total. The van der Waals surface area contributed by atoms with Gasteiger partial charge < -0.3 is 15.2 Å². The molecule has 2 aliphatic heterocycles. The van der Waals surface area contributed by atoms with Crippen molar-refractivity contribution in [3.05, 3.63) is 34.7 Å². The van der Waals surface area contributed by atoms with Gasteiger partial charge in [0.25, 0.3) is 0 Å². The molecule has 1 aromatic carbocycles. The summed E-state index contributed by atoms with van der Waals surface area (Å²) >= 11 is 0. The maximum absolute atomic E-state index is 12.9. The number of aromatic amines is 1. The Kier molecular flexibility index (Phi) is 5.06. The third-order valence-corrected chi connectivity index (χ3v) is 6.07. The highest BCUT2D eigenvalue weighted by atomic mass is 16.2. The molecule has 4 rings (SSSR count). The Bertz CT molecular complexity index is 865. The van der Waals surface area contributed by atoms with Crippen LogP contribution in [0.15, 0.2) is 29.1 Å². The molecule has 0 bridgehead atoms. The Morgan fingerprint density at radius 2 is 1.93 bits per heavy atom. The minimum atomic E-state index is -0.101. The van der Waals surface area contributed by atoms with Gasteiger partial charge in [0.05, 0.1) is 17.1 Å². The van der Waals surface area contributed by atoms with Gasteiger partial charge in [-0.15, -0.1) is 0 Å². The number of carbonyl (C=O) groups excluding carboxylic acids is 1. The Morgan fingerprint density at radius 3 is 2.67 bits per heavy atom. The number of piperidine rings is 1. The first-order valence-electron chi connectivity index (χ1n) is 10.00. The van der Waals surface area contributed by atoms with Gasteiger partial charge in [-0.3, -0.25) is 14.3 Å². The van der Waals surface area contributed by atoms with E-state index in [4.69, 9.17) is 0 Å². The average molecular weight is 371 g/mol. The van der Waals surface area contributed by atoms with Crippen LogP contribution in [0.4, 0.5) is 0 Å². The molecule has 2 aliphatic rings. The molecule has 146 valence electrons. The summed E-state index contributed by atoms with van der Waals surface area (Å²) in [5, 5.41) is 3.38. The van der Waals surface area contributed by atoms with Crippen LogP contribution in [0, 0.1) is 0 Å². The van der Waals surface area contributed by atoms with Crippen LogP contribution in [0.5, 0.6) is 0 Å². The zero-order valence-electron chi connectivity index (χ0n) is 16.1. The summed E-state index contributed by atoms with van der Waals surface area (Å²) in [4.78, 5) is 32.5. The number of H-pyrrole nitrogens is 1. The lowest BCUT2D eigenvalue weighted by Gasteiger charge is -2.39. The van der Waals surface area contributed by atoms with Crippen molar-refractivity contribution in [2.24, 2.45) is 0 Å². The summed E-state index contributed by atoms with van der Waals surface area (Å²) in [6.45, 7) is 8.25. The van der Waals surface area contributed by atoms with Crippen molar-refractivity contribution in [1.82, 2.24) is 24.7 Å². The van der Waals surface area contributed by atoms with Gasteiger partial charge in [-0.05, 0) is 38.8 Å². The van der Waals surface area contributed by atoms with Crippen molar-refractivity contribution in [1.29, 1.82) is 0 Å². The van der Waals surface area contributed by atoms with Gasteiger partial charge in [-0.2, -0.15) is 0 Å². The summed E-state index contributed by atoms with van der Waals surface area (Å²) in [6.07, 6.45) is 1.77. The molecule has 1 amide bonds. The third-order valence-electron chi connectivity index (χ3n) is 6.07. The van der Waals surface area contributed by atoms with Crippen LogP contribution >= 0.6 is 0 Å². The number of carbonyl (C=O) groups is 1. The molecule has 0 aliphatic carbocycles. The highest BCUT2D eigenvalue weighted by Crippen LogP contribution is 2.26. The number of aromatic nitrogens is 2. The van der Waals surface area contributed by atoms with E-state index >= 15 is 0 Å². The van der Waals surface area contributed by atoms with Crippen LogP contribution in [-0.4, -0.2) is 70.1 Å². The van der Waals surface area contributed by atoms with Crippen molar-refractivity contribution in [2.75, 3.05) is 32.7 Å². The summed E-state index contributed by atoms with van der Waals surface area (Å²) < 4.78 is 1.90. The second kappa shape index (κ2) is 7.48. The Labute approximate surface area is 159 Å². The molecular formula is C20H29N5O2. The topological polar surface area (TPSA) is 73.4 Å². The molecule has 0 saturated carbocycles. The molecule has 27 heavy (non-hydrogen) atoms. The number of amides is 1. The molecular weight excluding hydrogens is 342 g/mol. The van der Waals surface area contributed by atoms with Crippen LogP contribution in [-0.2, 0) is 4.79 Å². The number of para-hydroxylation sites is 2. The van der Waals surface area contributed by atoms with E-state index in [2.05, 4.69) is 22.1 Å². The normalized spacial score (nSPS) is 23.6. The van der Waals surface area contributed by atoms with Crippen LogP contribution in [0.25, 0.3) is 11.0 Å². The van der Waals surface area contributed by atoms with Crippen molar-refractivity contribution in [3.63, 3.8) is 0 Å². The van der Waals surface area contributed by atoms with E-state index in [1.807, 2.05) is 40.7 Å². The molecule has 2 atom stereocenters. The summed E-state index contributed by atoms with van der Waals surface area (Å²) in [5.74, 6) is 0.228. The van der Waals surface area contributed by atoms with Gasteiger partial charge in [0.2, 0.25) is 5.91 Å². The molecule has 2 fully saturated rings. The number of nitrogens with one attached hydrogen (secondary N) is 2. The maximum atomic E-state index is 12.9. The minimum absolute atomic E-state index is 0.0337. The third kappa shape index (κ3) is 3.53. The molecule has 3 heterocycles. The van der Waals surface area contributed by atoms with Crippen LogP contribution < -0.4 is 11.0 Å². The number of rotatable bonds is 3. The average Bonchev–Trinajstić information content (AvgIpc) is 3.02. The number of fused-ring (bicyclic) bond motifs is 1. The first-order valence-corrected chi connectivity index (χ1v) is 10.00. The van der Waals surface area contributed by atoms with Gasteiger partial charge in [0.15, 0.2) is 0 Å². The molecule has 2 saturated heterocycles. The number of hydrogen-bond donors (Lipinski definition) is 2. The van der Waals surface area contributed by atoms with Gasteiger partial charge in [-0.1, -0.05) is 12.1 Å². The van der Waals surface area contributed by atoms with E-state index in [0.29, 0.717) is 6.04 Å². The number of likely N-dealkylation sites (tertiary alicyclic amines) is 1. The molecule has 1 aromatic heterocycles. The number of benzene rings is 1. The zero-order chi connectivity index (χ0) is 19.0. The fraction of sp³-hybridized carbons (Fsp3) is 0.600. The largest absolute Gasteiger partial charge is 0.339 e. The predicted molar refractivity (Wildman–Crippen MR) is 106 cm³/mol. The molecule has 2 aromatic rings. The first-order chi connectivity index (χ1) is 13.0. The SMILES string of the molecule is C[C@@H]1CN(C(=O)[C@H](C)N2CCC(n3c(=O)[nH]c4ccccc43)CC2)CCN1. The number of piperazine rings is 1. The quantitative estimate of drug-likeness (QED) is 0.850. The molecule has 0 unspecified atom stereocenters. The molecule has 7 heteroatoms. The molecule has 0 spiro atoms. The first kappa shape index (κ1) is 18.3. The Morgan fingerprint density at radius 1 is 1.19 bits per heavy atom. The van der Waals surface area contributed by atoms with Crippen LogP contribution in [0.2, 0.25) is 0 Å². The Balaban J connectivity index is 1.42. The number of nitrogens with zero attached hydrogens (tertiary/aromatic N) is 3. The smallest absolute Gasteiger partial charge is 0.326 e. The fourth-order valence-electron chi connectivity index (χ4n) is 4.52. The highest BCUT2D eigenvalue weighted by molar-refractivity contribution is 5.81. The van der Waals surface area contributed by atoms with E-state index in [0.717, 1.165) is 56.6 Å². The van der Waals surface area contributed by atoms with E-state index in [1.165, 1.54) is 0 Å². The predicted octanol–water partition coefficient (Wildman–Crippen LogP) is 1.18. The molecule has 2 N–H and O–H groups in total. The molecule has 0 radical (unpaired) electrons. The lowest BCUT2D eigenvalue weighted by atomic mass is 10.0. The lowest BCUT2D eigenvalue weighted by Crippen LogP contribution is -2.56. The minimum Gasteiger partial charge on any atom is -0.339 e. The number of hydrogen-bond acceptors (Lipinski definition) is 4. The van der Waals surface area contributed by atoms with Crippen molar-refractivity contribution in [3.8, 4) is 0 Å². The van der Waals surface area contributed by atoms with Gasteiger partial charge >= 0.3 is 5.69 Å². The lowest BCUT2D eigenvalue weighted by molar-refractivity contribution is -0.138. The van der Waals surface area contributed by atoms with Crippen LogP contribution in [0.3, 0.4) is 0 Å². The zero-order valence-corrected chi connectivity index (χ0v) is 16.1. The van der Waals surface area contributed by atoms with E-state index in [1.54, 1.807) is 0 Å². The van der Waals surface area contributed by atoms with Gasteiger partial charge in [0.1, 0.15) is 0 Å². The monoisotopic (exact) mass is 371 g/mol. The van der Waals surface area contributed by atoms with E-state index in [-0.39, 0.29) is 23.7 Å². The summed E-state index contributed by atoms with van der Waals surface area (Å²) in [6, 6.07) is 8.29. The standard InChI is InChI=1S/C20H29N5O2/c1-14-13-24(12-9-21-14)19(26)15(2)23-10-7-16(8-11-23)25-18-6-4-3-5-17(18)22-20(25)27/h3-6,14-16,21H,7-13H2,1-2H3,(H,22,27)/t14-,15+/m1/s1. The summed E-state index contributed by atoms with van der Waals surface area (Å²) in [7, 11) is 0. The Hall–Kier alpha value is -2.12. The van der Waals surface area contributed by atoms with E-state index < -0.39 is 0 Å².